The minimum absolute atomic E-state index is 0.0469. The number of hydrogen-bond acceptors (Lipinski definition) is 7. The summed E-state index contributed by atoms with van der Waals surface area (Å²) in [5.41, 5.74) is 0.416. The molecule has 3 heterocycles. The van der Waals surface area contributed by atoms with Gasteiger partial charge >= 0.3 is 0 Å². The van der Waals surface area contributed by atoms with Gasteiger partial charge in [0, 0.05) is 45.5 Å². The SMILES string of the molecule is COCCNc1cc(F)c(N2CCN(c3nn4c(C)ncc4c(=O)[nH]3)CC2)c(F)c1. The monoisotopic (exact) mass is 419 g/mol. The number of fused-ring (bicyclic) bond motifs is 1. The third-order valence-electron chi connectivity index (χ3n) is 5.11. The summed E-state index contributed by atoms with van der Waals surface area (Å²) in [6.07, 6.45) is 1.47. The van der Waals surface area contributed by atoms with Gasteiger partial charge in [-0.05, 0) is 19.1 Å². The first-order valence-corrected chi connectivity index (χ1v) is 9.64. The number of imidazole rings is 1. The quantitative estimate of drug-likeness (QED) is 0.584. The highest BCUT2D eigenvalue weighted by Crippen LogP contribution is 2.28. The summed E-state index contributed by atoms with van der Waals surface area (Å²) in [5.74, 6) is -0.220. The van der Waals surface area contributed by atoms with Crippen molar-refractivity contribution >= 4 is 22.8 Å². The Kier molecular flexibility index (Phi) is 5.53. The molecule has 4 rings (SSSR count). The van der Waals surface area contributed by atoms with Crippen LogP contribution >= 0.6 is 0 Å². The smallest absolute Gasteiger partial charge is 0.278 e. The molecule has 0 amide bonds. The molecule has 0 spiro atoms. The molecule has 2 N–H and O–H groups in total. The van der Waals surface area contributed by atoms with Crippen molar-refractivity contribution in [2.75, 3.05) is 61.6 Å². The molecule has 160 valence electrons. The zero-order valence-electron chi connectivity index (χ0n) is 16.8. The van der Waals surface area contributed by atoms with Crippen LogP contribution in [0.25, 0.3) is 5.52 Å². The largest absolute Gasteiger partial charge is 0.383 e. The van der Waals surface area contributed by atoms with E-state index in [0.717, 1.165) is 0 Å². The van der Waals surface area contributed by atoms with Crippen LogP contribution in [0.5, 0.6) is 0 Å². The van der Waals surface area contributed by atoms with Crippen molar-refractivity contribution < 1.29 is 13.5 Å². The van der Waals surface area contributed by atoms with E-state index in [2.05, 4.69) is 20.4 Å². The normalized spacial score (nSPS) is 14.5. The summed E-state index contributed by atoms with van der Waals surface area (Å²) in [5, 5.41) is 7.37. The number of methoxy groups -OCH3 is 1. The molecule has 1 aromatic carbocycles. The van der Waals surface area contributed by atoms with Crippen molar-refractivity contribution in [3.05, 3.63) is 46.1 Å². The number of nitrogens with one attached hydrogen (secondary N) is 2. The molecular weight excluding hydrogens is 396 g/mol. The highest BCUT2D eigenvalue weighted by molar-refractivity contribution is 5.58. The summed E-state index contributed by atoms with van der Waals surface area (Å²) < 4.78 is 35.7. The van der Waals surface area contributed by atoms with E-state index in [0.29, 0.717) is 62.3 Å². The molecule has 1 aliphatic heterocycles. The molecule has 1 saturated heterocycles. The number of aryl methyl sites for hydroxylation is 1. The molecule has 30 heavy (non-hydrogen) atoms. The molecule has 0 radical (unpaired) electrons. The number of ether oxygens (including phenoxy) is 1. The van der Waals surface area contributed by atoms with Crippen LogP contribution in [0.3, 0.4) is 0 Å². The second-order valence-electron chi connectivity index (χ2n) is 7.06. The zero-order valence-corrected chi connectivity index (χ0v) is 16.8. The van der Waals surface area contributed by atoms with Gasteiger partial charge in [0.05, 0.1) is 12.8 Å². The predicted octanol–water partition coefficient (Wildman–Crippen LogP) is 1.39. The number of hydrogen-bond donors (Lipinski definition) is 2. The van der Waals surface area contributed by atoms with Crippen LogP contribution in [-0.4, -0.2) is 66.0 Å². The van der Waals surface area contributed by atoms with Gasteiger partial charge in [-0.3, -0.25) is 9.78 Å². The molecule has 1 aliphatic rings. The van der Waals surface area contributed by atoms with Gasteiger partial charge in [-0.25, -0.2) is 18.3 Å². The average molecular weight is 419 g/mol. The maximum absolute atomic E-state index is 14.6. The summed E-state index contributed by atoms with van der Waals surface area (Å²) in [4.78, 5) is 22.7. The fraction of sp³-hybridized carbons (Fsp3) is 0.421. The van der Waals surface area contributed by atoms with Crippen molar-refractivity contribution in [2.45, 2.75) is 6.92 Å². The second kappa shape index (κ2) is 8.27. The van der Waals surface area contributed by atoms with E-state index < -0.39 is 11.6 Å². The van der Waals surface area contributed by atoms with E-state index in [1.54, 1.807) is 18.9 Å². The lowest BCUT2D eigenvalue weighted by Crippen LogP contribution is -2.48. The number of H-pyrrole nitrogens is 1. The van der Waals surface area contributed by atoms with Crippen LogP contribution in [0.15, 0.2) is 23.1 Å². The maximum atomic E-state index is 14.6. The predicted molar refractivity (Wildman–Crippen MR) is 109 cm³/mol. The van der Waals surface area contributed by atoms with Crippen LogP contribution in [0, 0.1) is 18.6 Å². The molecular formula is C19H23F2N7O2. The Morgan fingerprint density at radius 1 is 1.17 bits per heavy atom. The third kappa shape index (κ3) is 3.80. The number of aromatic nitrogens is 4. The number of aromatic amines is 1. The van der Waals surface area contributed by atoms with Crippen molar-refractivity contribution in [1.29, 1.82) is 0 Å². The van der Waals surface area contributed by atoms with Crippen LogP contribution in [0.2, 0.25) is 0 Å². The van der Waals surface area contributed by atoms with Gasteiger partial charge in [-0.15, -0.1) is 5.10 Å². The average Bonchev–Trinajstić information content (AvgIpc) is 3.10. The van der Waals surface area contributed by atoms with Crippen LogP contribution in [0.4, 0.5) is 26.1 Å². The van der Waals surface area contributed by atoms with Crippen LogP contribution in [-0.2, 0) is 4.74 Å². The van der Waals surface area contributed by atoms with Gasteiger partial charge < -0.3 is 19.9 Å². The Bertz CT molecular complexity index is 1080. The molecule has 3 aromatic rings. The van der Waals surface area contributed by atoms with Crippen molar-refractivity contribution in [2.24, 2.45) is 0 Å². The van der Waals surface area contributed by atoms with Crippen molar-refractivity contribution in [3.8, 4) is 0 Å². The summed E-state index contributed by atoms with van der Waals surface area (Å²) in [7, 11) is 1.56. The Labute approximate surface area is 171 Å². The lowest BCUT2D eigenvalue weighted by Gasteiger charge is -2.36. The van der Waals surface area contributed by atoms with Gasteiger partial charge in [-0.2, -0.15) is 0 Å². The molecule has 0 unspecified atom stereocenters. The van der Waals surface area contributed by atoms with Gasteiger partial charge in [0.2, 0.25) is 5.95 Å². The lowest BCUT2D eigenvalue weighted by molar-refractivity contribution is 0.211. The van der Waals surface area contributed by atoms with E-state index in [9.17, 15) is 13.6 Å². The zero-order chi connectivity index (χ0) is 21.3. The molecule has 0 bridgehead atoms. The number of rotatable bonds is 6. The van der Waals surface area contributed by atoms with Crippen LogP contribution in [0.1, 0.15) is 5.82 Å². The first-order chi connectivity index (χ1) is 14.5. The molecule has 1 fully saturated rings. The van der Waals surface area contributed by atoms with E-state index >= 15 is 0 Å². The molecule has 0 aliphatic carbocycles. The fourth-order valence-corrected chi connectivity index (χ4v) is 3.56. The Morgan fingerprint density at radius 2 is 1.83 bits per heavy atom. The maximum Gasteiger partial charge on any atom is 0.278 e. The van der Waals surface area contributed by atoms with Gasteiger partial charge in [0.15, 0.2) is 17.2 Å². The number of piperazine rings is 1. The summed E-state index contributed by atoms with van der Waals surface area (Å²) >= 11 is 0. The topological polar surface area (TPSA) is 90.8 Å². The highest BCUT2D eigenvalue weighted by atomic mass is 19.1. The minimum atomic E-state index is -0.620. The van der Waals surface area contributed by atoms with Gasteiger partial charge in [0.1, 0.15) is 11.5 Å². The molecule has 9 nitrogen and oxygen atoms in total. The second-order valence-corrected chi connectivity index (χ2v) is 7.06. The fourth-order valence-electron chi connectivity index (χ4n) is 3.56. The number of halogens is 2. The molecule has 0 saturated carbocycles. The summed E-state index contributed by atoms with van der Waals surface area (Å²) in [6.45, 7) is 4.33. The van der Waals surface area contributed by atoms with Gasteiger partial charge in [0.25, 0.3) is 5.56 Å². The standard InChI is InChI=1S/C19H23F2N7O2/c1-12-23-11-16-18(29)24-19(25-28(12)16)27-6-4-26(5-7-27)17-14(20)9-13(10-15(17)21)22-3-8-30-2/h9-11,22H,3-8H2,1-2H3,(H,24,25,29). The first-order valence-electron chi connectivity index (χ1n) is 9.64. The highest BCUT2D eigenvalue weighted by Gasteiger charge is 2.24. The van der Waals surface area contributed by atoms with E-state index in [-0.39, 0.29) is 11.2 Å². The van der Waals surface area contributed by atoms with E-state index in [1.807, 2.05) is 4.90 Å². The number of benzene rings is 1. The molecule has 0 atom stereocenters. The number of anilines is 3. The van der Waals surface area contributed by atoms with Crippen molar-refractivity contribution in [3.63, 3.8) is 0 Å². The Hall–Kier alpha value is -3.21. The Morgan fingerprint density at radius 3 is 2.50 bits per heavy atom. The van der Waals surface area contributed by atoms with Crippen LogP contribution < -0.4 is 20.7 Å². The number of nitrogens with zero attached hydrogens (tertiary/aromatic N) is 5. The molecule has 2 aromatic heterocycles. The van der Waals surface area contributed by atoms with Crippen molar-refractivity contribution in [1.82, 2.24) is 19.6 Å². The summed E-state index contributed by atoms with van der Waals surface area (Å²) in [6, 6.07) is 2.57. The minimum Gasteiger partial charge on any atom is -0.383 e. The first kappa shape index (κ1) is 20.1. The molecule has 11 heteroatoms. The van der Waals surface area contributed by atoms with E-state index in [4.69, 9.17) is 4.74 Å². The van der Waals surface area contributed by atoms with Gasteiger partial charge in [-0.1, -0.05) is 0 Å². The lowest BCUT2D eigenvalue weighted by atomic mass is 10.2. The third-order valence-corrected chi connectivity index (χ3v) is 5.11. The van der Waals surface area contributed by atoms with E-state index in [1.165, 1.54) is 22.8 Å². The Balaban J connectivity index is 1.48.